The van der Waals surface area contributed by atoms with Crippen LogP contribution in [0, 0.1) is 11.8 Å². The molecule has 16 heavy (non-hydrogen) atoms. The number of rotatable bonds is 3. The van der Waals surface area contributed by atoms with Crippen molar-refractivity contribution < 1.29 is 14.6 Å². The summed E-state index contributed by atoms with van der Waals surface area (Å²) >= 11 is 0. The lowest BCUT2D eigenvalue weighted by Gasteiger charge is -2.21. The number of aromatic amines is 1. The van der Waals surface area contributed by atoms with Gasteiger partial charge in [0.2, 0.25) is 5.69 Å². The molecule has 0 spiro atoms. The number of fused-ring (bicyclic) bond motifs is 2. The molecule has 2 aliphatic rings. The van der Waals surface area contributed by atoms with Crippen LogP contribution in [-0.2, 0) is 0 Å². The zero-order valence-electron chi connectivity index (χ0n) is 8.72. The number of carboxylic acids is 1. The van der Waals surface area contributed by atoms with E-state index in [0.29, 0.717) is 5.92 Å². The Morgan fingerprint density at radius 3 is 2.94 bits per heavy atom. The summed E-state index contributed by atoms with van der Waals surface area (Å²) in [6.45, 7) is 0. The molecule has 0 aromatic carbocycles. The standard InChI is InChI=1S/C10H13N3O3/c14-10(15)8-9(12-13-11-8)16-7-4-5-1-2-6(7)3-5/h5-7H,1-4H2,(H,14,15)(H,11,12,13). The van der Waals surface area contributed by atoms with Crippen molar-refractivity contribution in [1.82, 2.24) is 15.4 Å². The summed E-state index contributed by atoms with van der Waals surface area (Å²) in [6.07, 6.45) is 4.84. The summed E-state index contributed by atoms with van der Waals surface area (Å²) in [4.78, 5) is 10.8. The van der Waals surface area contributed by atoms with Crippen LogP contribution in [0.2, 0.25) is 0 Å². The fourth-order valence-corrected chi connectivity index (χ4v) is 2.91. The molecule has 1 heterocycles. The number of H-pyrrole nitrogens is 1. The van der Waals surface area contributed by atoms with E-state index in [0.717, 1.165) is 12.3 Å². The SMILES string of the molecule is O=C(O)c1[nH]nnc1OC1CC2CCC1C2. The molecule has 2 N–H and O–H groups in total. The van der Waals surface area contributed by atoms with E-state index < -0.39 is 5.97 Å². The van der Waals surface area contributed by atoms with Crippen molar-refractivity contribution in [3.05, 3.63) is 5.69 Å². The van der Waals surface area contributed by atoms with Crippen LogP contribution in [0.5, 0.6) is 5.88 Å². The molecule has 0 amide bonds. The number of carboxylic acid groups (broad SMARTS) is 1. The molecule has 0 saturated heterocycles. The number of hydrogen-bond acceptors (Lipinski definition) is 4. The van der Waals surface area contributed by atoms with Crippen molar-refractivity contribution in [3.8, 4) is 5.88 Å². The normalized spacial score (nSPS) is 31.9. The van der Waals surface area contributed by atoms with Crippen LogP contribution in [0.4, 0.5) is 0 Å². The lowest BCUT2D eigenvalue weighted by Crippen LogP contribution is -2.24. The number of ether oxygens (including phenoxy) is 1. The number of aromatic nitrogens is 3. The summed E-state index contributed by atoms with van der Waals surface area (Å²) in [5.74, 6) is 0.381. The quantitative estimate of drug-likeness (QED) is 0.800. The van der Waals surface area contributed by atoms with Gasteiger partial charge in [0.05, 0.1) is 0 Å². The number of nitrogens with one attached hydrogen (secondary N) is 1. The maximum atomic E-state index is 10.8. The largest absolute Gasteiger partial charge is 0.476 e. The van der Waals surface area contributed by atoms with Crippen LogP contribution in [0.15, 0.2) is 0 Å². The Kier molecular flexibility index (Phi) is 2.08. The smallest absolute Gasteiger partial charge is 0.359 e. The van der Waals surface area contributed by atoms with Crippen molar-refractivity contribution in [2.75, 3.05) is 0 Å². The van der Waals surface area contributed by atoms with E-state index in [-0.39, 0.29) is 17.7 Å². The van der Waals surface area contributed by atoms with Gasteiger partial charge >= 0.3 is 5.97 Å². The average molecular weight is 223 g/mol. The molecule has 0 radical (unpaired) electrons. The Balaban J connectivity index is 1.74. The first-order valence-corrected chi connectivity index (χ1v) is 5.55. The third-order valence-corrected chi connectivity index (χ3v) is 3.67. The maximum absolute atomic E-state index is 10.8. The monoisotopic (exact) mass is 223 g/mol. The second-order valence-corrected chi connectivity index (χ2v) is 4.63. The first kappa shape index (κ1) is 9.62. The van der Waals surface area contributed by atoms with Crippen molar-refractivity contribution in [3.63, 3.8) is 0 Å². The minimum atomic E-state index is -1.08. The predicted octanol–water partition coefficient (Wildman–Crippen LogP) is 1.07. The molecular formula is C10H13N3O3. The molecule has 1 aromatic rings. The highest BCUT2D eigenvalue weighted by molar-refractivity contribution is 5.87. The van der Waals surface area contributed by atoms with E-state index in [1.165, 1.54) is 19.3 Å². The lowest BCUT2D eigenvalue weighted by atomic mass is 9.98. The molecule has 1 aromatic heterocycles. The van der Waals surface area contributed by atoms with E-state index in [4.69, 9.17) is 9.84 Å². The zero-order valence-corrected chi connectivity index (χ0v) is 8.72. The van der Waals surface area contributed by atoms with Crippen LogP contribution in [0.3, 0.4) is 0 Å². The van der Waals surface area contributed by atoms with Crippen LogP contribution >= 0.6 is 0 Å². The molecule has 2 aliphatic carbocycles. The van der Waals surface area contributed by atoms with Crippen LogP contribution < -0.4 is 4.74 Å². The number of nitrogens with zero attached hydrogens (tertiary/aromatic N) is 2. The average Bonchev–Trinajstić information content (AvgIpc) is 2.91. The Labute approximate surface area is 92.0 Å². The summed E-state index contributed by atoms with van der Waals surface area (Å²) < 4.78 is 5.66. The van der Waals surface area contributed by atoms with Crippen LogP contribution in [0.1, 0.15) is 36.2 Å². The Morgan fingerprint density at radius 1 is 1.44 bits per heavy atom. The minimum Gasteiger partial charge on any atom is -0.476 e. The fourth-order valence-electron chi connectivity index (χ4n) is 2.91. The Bertz CT molecular complexity index is 417. The molecule has 2 fully saturated rings. The zero-order chi connectivity index (χ0) is 11.1. The first-order valence-electron chi connectivity index (χ1n) is 5.55. The molecule has 86 valence electrons. The third-order valence-electron chi connectivity index (χ3n) is 3.67. The van der Waals surface area contributed by atoms with Gasteiger partial charge in [0, 0.05) is 0 Å². The summed E-state index contributed by atoms with van der Waals surface area (Å²) in [5.41, 5.74) is -0.0530. The van der Waals surface area contributed by atoms with Gasteiger partial charge in [-0.3, -0.25) is 0 Å². The molecule has 6 heteroatoms. The van der Waals surface area contributed by atoms with Gasteiger partial charge in [-0.15, -0.1) is 0 Å². The van der Waals surface area contributed by atoms with Gasteiger partial charge in [-0.1, -0.05) is 10.3 Å². The highest BCUT2D eigenvalue weighted by Gasteiger charge is 2.41. The van der Waals surface area contributed by atoms with E-state index in [1.807, 2.05) is 0 Å². The molecule has 2 bridgehead atoms. The van der Waals surface area contributed by atoms with Gasteiger partial charge in [-0.2, -0.15) is 0 Å². The van der Waals surface area contributed by atoms with Gasteiger partial charge in [0.25, 0.3) is 5.88 Å². The molecule has 3 atom stereocenters. The third kappa shape index (κ3) is 1.45. The number of carbonyl (C=O) groups is 1. The molecule has 3 unspecified atom stereocenters. The van der Waals surface area contributed by atoms with Crippen molar-refractivity contribution >= 4 is 5.97 Å². The van der Waals surface area contributed by atoms with Crippen molar-refractivity contribution in [1.29, 1.82) is 0 Å². The second-order valence-electron chi connectivity index (χ2n) is 4.63. The Hall–Kier alpha value is -1.59. The maximum Gasteiger partial charge on any atom is 0.359 e. The van der Waals surface area contributed by atoms with Gasteiger partial charge in [-0.05, 0) is 37.5 Å². The van der Waals surface area contributed by atoms with Gasteiger partial charge in [0.1, 0.15) is 6.10 Å². The van der Waals surface area contributed by atoms with Gasteiger partial charge in [0.15, 0.2) is 0 Å². The van der Waals surface area contributed by atoms with E-state index in [1.54, 1.807) is 0 Å². The second kappa shape index (κ2) is 3.47. The fraction of sp³-hybridized carbons (Fsp3) is 0.700. The highest BCUT2D eigenvalue weighted by Crippen LogP contribution is 2.45. The Morgan fingerprint density at radius 2 is 2.31 bits per heavy atom. The van der Waals surface area contributed by atoms with Crippen LogP contribution in [0.25, 0.3) is 0 Å². The molecular weight excluding hydrogens is 210 g/mol. The minimum absolute atomic E-state index is 0.0530. The predicted molar refractivity (Wildman–Crippen MR) is 53.2 cm³/mol. The molecule has 3 rings (SSSR count). The highest BCUT2D eigenvalue weighted by atomic mass is 16.5. The van der Waals surface area contributed by atoms with Gasteiger partial charge in [-0.25, -0.2) is 9.89 Å². The summed E-state index contributed by atoms with van der Waals surface area (Å²) in [7, 11) is 0. The van der Waals surface area contributed by atoms with E-state index in [2.05, 4.69) is 15.4 Å². The van der Waals surface area contributed by atoms with E-state index in [9.17, 15) is 4.79 Å². The first-order chi connectivity index (χ1) is 7.74. The van der Waals surface area contributed by atoms with E-state index >= 15 is 0 Å². The molecule has 0 aliphatic heterocycles. The topological polar surface area (TPSA) is 88.1 Å². The summed E-state index contributed by atoms with van der Waals surface area (Å²) in [6, 6.07) is 0. The van der Waals surface area contributed by atoms with Crippen molar-refractivity contribution in [2.24, 2.45) is 11.8 Å². The van der Waals surface area contributed by atoms with Gasteiger partial charge < -0.3 is 9.84 Å². The summed E-state index contributed by atoms with van der Waals surface area (Å²) in [5, 5.41) is 18.3. The molecule has 2 saturated carbocycles. The number of aromatic carboxylic acids is 1. The molecule has 6 nitrogen and oxygen atoms in total. The lowest BCUT2D eigenvalue weighted by molar-refractivity contribution is 0.0676. The van der Waals surface area contributed by atoms with Crippen molar-refractivity contribution in [2.45, 2.75) is 31.8 Å². The number of hydrogen-bond donors (Lipinski definition) is 2. The van der Waals surface area contributed by atoms with Crippen LogP contribution in [-0.4, -0.2) is 32.6 Å².